The number of hydrogen-bond donors (Lipinski definition) is 2. The molecule has 0 radical (unpaired) electrons. The third-order valence-electron chi connectivity index (χ3n) is 1.95. The summed E-state index contributed by atoms with van der Waals surface area (Å²) < 4.78 is 4.29. The van der Waals surface area contributed by atoms with Gasteiger partial charge in [0.15, 0.2) is 0 Å². The fraction of sp³-hybridized carbons (Fsp3) is 0.250. The predicted molar refractivity (Wildman–Crippen MR) is 48.8 cm³/mol. The van der Waals surface area contributed by atoms with Gasteiger partial charge >= 0.3 is 7.12 Å². The molecule has 1 aromatic carbocycles. The average Bonchev–Trinajstić information content (AvgIpc) is 2.08. The normalized spacial score (nSPS) is 10.0. The van der Waals surface area contributed by atoms with Crippen LogP contribution in [0.4, 0.5) is 0 Å². The van der Waals surface area contributed by atoms with Crippen LogP contribution < -0.4 is 11.4 Å². The molecule has 0 saturated carbocycles. The Labute approximate surface area is 72.3 Å². The van der Waals surface area contributed by atoms with Gasteiger partial charge in [-0.2, -0.15) is 0 Å². The van der Waals surface area contributed by atoms with Crippen molar-refractivity contribution in [1.29, 1.82) is 0 Å². The quantitative estimate of drug-likeness (QED) is 0.474. The molecule has 1 aromatic rings. The second-order valence-corrected chi connectivity index (χ2v) is 2.83. The third-order valence-corrected chi connectivity index (χ3v) is 1.95. The fourth-order valence-electron chi connectivity index (χ4n) is 0.997. The van der Waals surface area contributed by atoms with Gasteiger partial charge in [0.05, 0.1) is 0 Å². The first-order valence-electron chi connectivity index (χ1n) is 3.76. The number of nitrogens with two attached hydrogens (primary N) is 1. The summed E-state index contributed by atoms with van der Waals surface area (Å²) in [6.45, 7) is 3.98. The Morgan fingerprint density at radius 1 is 1.33 bits per heavy atom. The van der Waals surface area contributed by atoms with Crippen molar-refractivity contribution in [1.82, 2.24) is 0 Å². The highest BCUT2D eigenvalue weighted by Crippen LogP contribution is 2.02. The molecule has 0 unspecified atom stereocenters. The highest BCUT2D eigenvalue weighted by atomic mass is 16.6. The van der Waals surface area contributed by atoms with Crippen LogP contribution in [0.2, 0.25) is 0 Å². The Balaban J connectivity index is 2.96. The molecule has 0 aromatic heterocycles. The van der Waals surface area contributed by atoms with E-state index in [4.69, 9.17) is 5.90 Å². The van der Waals surface area contributed by atoms with Gasteiger partial charge in [-0.1, -0.05) is 18.2 Å². The zero-order valence-electron chi connectivity index (χ0n) is 7.24. The van der Waals surface area contributed by atoms with E-state index in [1.165, 1.54) is 5.56 Å². The van der Waals surface area contributed by atoms with Gasteiger partial charge in [-0.25, -0.2) is 5.90 Å². The predicted octanol–water partition coefficient (Wildman–Crippen LogP) is -0.119. The number of aryl methyl sites for hydroxylation is 2. The Morgan fingerprint density at radius 3 is 2.50 bits per heavy atom. The van der Waals surface area contributed by atoms with Crippen molar-refractivity contribution in [2.45, 2.75) is 13.8 Å². The maximum atomic E-state index is 9.20. The van der Waals surface area contributed by atoms with Gasteiger partial charge in [0.2, 0.25) is 0 Å². The first kappa shape index (κ1) is 9.25. The molecule has 4 heteroatoms. The van der Waals surface area contributed by atoms with Crippen LogP contribution in [0.3, 0.4) is 0 Å². The van der Waals surface area contributed by atoms with Crippen molar-refractivity contribution < 1.29 is 9.78 Å². The molecule has 0 aliphatic heterocycles. The molecule has 0 bridgehead atoms. The second kappa shape index (κ2) is 3.71. The molecule has 0 atom stereocenters. The van der Waals surface area contributed by atoms with E-state index in [0.29, 0.717) is 5.46 Å². The molecule has 0 fully saturated rings. The maximum Gasteiger partial charge on any atom is 0.508 e. The molecule has 0 aliphatic carbocycles. The monoisotopic (exact) mass is 165 g/mol. The minimum absolute atomic E-state index is 0.681. The van der Waals surface area contributed by atoms with E-state index < -0.39 is 7.12 Å². The Kier molecular flexibility index (Phi) is 2.86. The smallest absolute Gasteiger partial charge is 0.422 e. The molecule has 3 nitrogen and oxygen atoms in total. The van der Waals surface area contributed by atoms with Crippen LogP contribution in [-0.4, -0.2) is 12.1 Å². The first-order valence-corrected chi connectivity index (χ1v) is 3.76. The molecule has 1 rings (SSSR count). The molecule has 12 heavy (non-hydrogen) atoms. The molecular formula is C8H12BNO2. The average molecular weight is 165 g/mol. The molecule has 64 valence electrons. The van der Waals surface area contributed by atoms with Crippen molar-refractivity contribution in [3.63, 3.8) is 0 Å². The van der Waals surface area contributed by atoms with Crippen molar-refractivity contribution in [2.24, 2.45) is 5.90 Å². The summed E-state index contributed by atoms with van der Waals surface area (Å²) in [6, 6.07) is 5.57. The molecular weight excluding hydrogens is 153 g/mol. The van der Waals surface area contributed by atoms with Gasteiger partial charge in [0.25, 0.3) is 0 Å². The van der Waals surface area contributed by atoms with Gasteiger partial charge in [0.1, 0.15) is 0 Å². The van der Waals surface area contributed by atoms with Crippen molar-refractivity contribution in [2.75, 3.05) is 0 Å². The van der Waals surface area contributed by atoms with Crippen LogP contribution in [0.1, 0.15) is 11.1 Å². The topological polar surface area (TPSA) is 55.5 Å². The number of hydrogen-bond acceptors (Lipinski definition) is 3. The number of rotatable bonds is 2. The van der Waals surface area contributed by atoms with Crippen molar-refractivity contribution >= 4 is 12.6 Å². The maximum absolute atomic E-state index is 9.20. The van der Waals surface area contributed by atoms with Crippen LogP contribution in [-0.2, 0) is 4.76 Å². The SMILES string of the molecule is Cc1ccc(B(O)ON)cc1C. The lowest BCUT2D eigenvalue weighted by Gasteiger charge is -2.05. The lowest BCUT2D eigenvalue weighted by molar-refractivity contribution is 0.281. The van der Waals surface area contributed by atoms with Crippen LogP contribution in [0.15, 0.2) is 18.2 Å². The Bertz CT molecular complexity index is 278. The first-order chi connectivity index (χ1) is 5.65. The molecule has 0 aliphatic rings. The lowest BCUT2D eigenvalue weighted by atomic mass is 9.79. The third kappa shape index (κ3) is 1.85. The van der Waals surface area contributed by atoms with E-state index in [2.05, 4.69) is 4.76 Å². The molecule has 0 spiro atoms. The Morgan fingerprint density at radius 2 is 2.00 bits per heavy atom. The van der Waals surface area contributed by atoms with Crippen LogP contribution in [0.5, 0.6) is 0 Å². The highest BCUT2D eigenvalue weighted by molar-refractivity contribution is 6.59. The van der Waals surface area contributed by atoms with Gasteiger partial charge in [-0.3, -0.25) is 0 Å². The minimum atomic E-state index is -1.02. The van der Waals surface area contributed by atoms with E-state index >= 15 is 0 Å². The zero-order chi connectivity index (χ0) is 9.14. The summed E-state index contributed by atoms with van der Waals surface area (Å²) in [4.78, 5) is 0. The van der Waals surface area contributed by atoms with Gasteiger partial charge in [-0.15, -0.1) is 0 Å². The largest absolute Gasteiger partial charge is 0.508 e. The van der Waals surface area contributed by atoms with E-state index in [0.717, 1.165) is 5.56 Å². The minimum Gasteiger partial charge on any atom is -0.422 e. The summed E-state index contributed by atoms with van der Waals surface area (Å²) in [5.41, 5.74) is 2.98. The van der Waals surface area contributed by atoms with Gasteiger partial charge < -0.3 is 9.78 Å². The summed E-state index contributed by atoms with van der Waals surface area (Å²) in [5, 5.41) is 9.20. The van der Waals surface area contributed by atoms with E-state index in [9.17, 15) is 5.02 Å². The fourth-order valence-corrected chi connectivity index (χ4v) is 0.997. The second-order valence-electron chi connectivity index (χ2n) is 2.83. The Hall–Kier alpha value is -0.835. The van der Waals surface area contributed by atoms with E-state index in [-0.39, 0.29) is 0 Å². The molecule has 0 amide bonds. The molecule has 0 saturated heterocycles. The van der Waals surface area contributed by atoms with Crippen LogP contribution in [0, 0.1) is 13.8 Å². The van der Waals surface area contributed by atoms with Crippen LogP contribution in [0.25, 0.3) is 0 Å². The summed E-state index contributed by atoms with van der Waals surface area (Å²) in [7, 11) is -1.02. The molecule has 0 heterocycles. The number of benzene rings is 1. The summed E-state index contributed by atoms with van der Waals surface area (Å²) in [5.74, 6) is 4.84. The summed E-state index contributed by atoms with van der Waals surface area (Å²) in [6.07, 6.45) is 0. The standard InChI is InChI=1S/C8H12BNO2/c1-6-3-4-8(5-7(6)2)9(11)12-10/h3-5,11H,10H2,1-2H3. The highest BCUT2D eigenvalue weighted by Gasteiger charge is 2.14. The lowest BCUT2D eigenvalue weighted by Crippen LogP contribution is -2.36. The van der Waals surface area contributed by atoms with Crippen LogP contribution >= 0.6 is 0 Å². The van der Waals surface area contributed by atoms with Crippen molar-refractivity contribution in [3.05, 3.63) is 29.3 Å². The van der Waals surface area contributed by atoms with E-state index in [1.807, 2.05) is 26.0 Å². The van der Waals surface area contributed by atoms with Crippen molar-refractivity contribution in [3.8, 4) is 0 Å². The van der Waals surface area contributed by atoms with E-state index in [1.54, 1.807) is 6.07 Å². The van der Waals surface area contributed by atoms with Gasteiger partial charge in [-0.05, 0) is 30.4 Å². The zero-order valence-corrected chi connectivity index (χ0v) is 7.24. The van der Waals surface area contributed by atoms with Gasteiger partial charge in [0, 0.05) is 0 Å². The summed E-state index contributed by atoms with van der Waals surface area (Å²) >= 11 is 0. The molecule has 3 N–H and O–H groups in total.